The highest BCUT2D eigenvalue weighted by molar-refractivity contribution is 5.96. The molecule has 2 heterocycles. The van der Waals surface area contributed by atoms with Crippen molar-refractivity contribution >= 4 is 5.91 Å². The predicted octanol–water partition coefficient (Wildman–Crippen LogP) is 2.28. The van der Waals surface area contributed by atoms with Crippen LogP contribution in [0.25, 0.3) is 5.82 Å². The first kappa shape index (κ1) is 16.3. The van der Waals surface area contributed by atoms with Crippen LogP contribution in [0.1, 0.15) is 47.3 Å². The Morgan fingerprint density at radius 1 is 1.41 bits per heavy atom. The van der Waals surface area contributed by atoms with Crippen molar-refractivity contribution in [1.82, 2.24) is 15.0 Å². The Morgan fingerprint density at radius 2 is 2.14 bits per heavy atom. The first-order chi connectivity index (χ1) is 10.4. The monoisotopic (exact) mass is 305 g/mol. The van der Waals surface area contributed by atoms with E-state index in [1.54, 1.807) is 0 Å². The minimum Gasteiger partial charge on any atom is -0.396 e. The van der Waals surface area contributed by atoms with Gasteiger partial charge in [-0.25, -0.2) is 0 Å². The van der Waals surface area contributed by atoms with Crippen molar-refractivity contribution in [2.75, 3.05) is 6.61 Å². The topological polar surface area (TPSA) is 80.3 Å². The number of carbonyl (C=O) groups excluding carboxylic acids is 1. The molecule has 2 aromatic heterocycles. The zero-order valence-electron chi connectivity index (χ0n) is 13.5. The smallest absolute Gasteiger partial charge is 0.253 e. The van der Waals surface area contributed by atoms with Crippen LogP contribution in [0.2, 0.25) is 0 Å². The maximum absolute atomic E-state index is 12.4. The number of hydrogen-bond acceptors (Lipinski definition) is 4. The molecule has 0 aromatic carbocycles. The summed E-state index contributed by atoms with van der Waals surface area (Å²) in [6.45, 7) is 7.74. The molecule has 2 rings (SSSR count). The van der Waals surface area contributed by atoms with Crippen LogP contribution in [0.3, 0.4) is 0 Å². The van der Waals surface area contributed by atoms with E-state index in [0.717, 1.165) is 23.6 Å². The highest BCUT2D eigenvalue weighted by atomic mass is 16.5. The van der Waals surface area contributed by atoms with Gasteiger partial charge in [0.2, 0.25) is 0 Å². The van der Waals surface area contributed by atoms with E-state index in [1.807, 2.05) is 44.4 Å². The number of aliphatic hydroxyl groups is 1. The van der Waals surface area contributed by atoms with Gasteiger partial charge in [0.1, 0.15) is 5.76 Å². The quantitative estimate of drug-likeness (QED) is 0.858. The number of aryl methyl sites for hydroxylation is 2. The summed E-state index contributed by atoms with van der Waals surface area (Å²) < 4.78 is 7.02. The van der Waals surface area contributed by atoms with Crippen LogP contribution in [0, 0.1) is 20.8 Å². The van der Waals surface area contributed by atoms with E-state index in [4.69, 9.17) is 9.63 Å². The average Bonchev–Trinajstić information content (AvgIpc) is 3.00. The van der Waals surface area contributed by atoms with Crippen molar-refractivity contribution < 1.29 is 14.4 Å². The minimum atomic E-state index is -0.106. The van der Waals surface area contributed by atoms with E-state index in [9.17, 15) is 4.79 Å². The summed E-state index contributed by atoms with van der Waals surface area (Å²) in [4.78, 5) is 12.4. The Hall–Kier alpha value is -2.08. The Labute approximate surface area is 130 Å². The number of nitrogens with one attached hydrogen (secondary N) is 1. The second-order valence-electron chi connectivity index (χ2n) is 5.66. The maximum atomic E-state index is 12.4. The molecule has 0 fully saturated rings. The molecule has 1 amide bonds. The fourth-order valence-electron chi connectivity index (χ4n) is 2.58. The largest absolute Gasteiger partial charge is 0.396 e. The van der Waals surface area contributed by atoms with Gasteiger partial charge >= 0.3 is 0 Å². The van der Waals surface area contributed by atoms with E-state index >= 15 is 0 Å². The third kappa shape index (κ3) is 3.39. The van der Waals surface area contributed by atoms with E-state index in [1.165, 1.54) is 0 Å². The molecule has 0 aliphatic heterocycles. The number of aliphatic hydroxyl groups excluding tert-OH is 1. The van der Waals surface area contributed by atoms with Crippen LogP contribution < -0.4 is 5.32 Å². The Balaban J connectivity index is 2.21. The molecular weight excluding hydrogens is 282 g/mol. The van der Waals surface area contributed by atoms with Gasteiger partial charge in [-0.1, -0.05) is 5.16 Å². The van der Waals surface area contributed by atoms with Gasteiger partial charge in [0.15, 0.2) is 5.82 Å². The third-order valence-electron chi connectivity index (χ3n) is 3.69. The van der Waals surface area contributed by atoms with Crippen molar-refractivity contribution in [3.8, 4) is 5.82 Å². The predicted molar refractivity (Wildman–Crippen MR) is 83.3 cm³/mol. The highest BCUT2D eigenvalue weighted by Crippen LogP contribution is 2.20. The lowest BCUT2D eigenvalue weighted by Gasteiger charge is -2.13. The number of aromatic nitrogens is 2. The fraction of sp³-hybridized carbons (Fsp3) is 0.500. The number of rotatable bonds is 6. The molecule has 2 N–H and O–H groups in total. The molecule has 0 saturated carbocycles. The number of carbonyl (C=O) groups is 1. The molecule has 6 nitrogen and oxygen atoms in total. The van der Waals surface area contributed by atoms with Gasteiger partial charge in [0, 0.05) is 30.1 Å². The van der Waals surface area contributed by atoms with Crippen LogP contribution in [-0.2, 0) is 0 Å². The van der Waals surface area contributed by atoms with Crippen molar-refractivity contribution in [2.45, 2.75) is 46.6 Å². The standard InChI is InChI=1S/C16H23N3O3/c1-10(6-5-7-20)17-16(21)14-8-11(2)19(13(14)4)15-9-12(3)22-18-15/h8-10,20H,5-7H2,1-4H3,(H,17,21). The molecule has 6 heteroatoms. The maximum Gasteiger partial charge on any atom is 0.253 e. The zero-order chi connectivity index (χ0) is 16.3. The molecule has 22 heavy (non-hydrogen) atoms. The van der Waals surface area contributed by atoms with E-state index < -0.39 is 0 Å². The SMILES string of the molecule is Cc1cc(-n2c(C)cc(C(=O)NC(C)CCCO)c2C)no1. The van der Waals surface area contributed by atoms with Crippen molar-refractivity contribution in [3.05, 3.63) is 34.8 Å². The molecular formula is C16H23N3O3. The van der Waals surface area contributed by atoms with Gasteiger partial charge in [-0.2, -0.15) is 0 Å². The van der Waals surface area contributed by atoms with Crippen LogP contribution in [0.5, 0.6) is 0 Å². The summed E-state index contributed by atoms with van der Waals surface area (Å²) in [7, 11) is 0. The van der Waals surface area contributed by atoms with Gasteiger partial charge in [-0.05, 0) is 46.6 Å². The molecule has 0 aliphatic rings. The highest BCUT2D eigenvalue weighted by Gasteiger charge is 2.19. The number of nitrogens with zero attached hydrogens (tertiary/aromatic N) is 2. The zero-order valence-corrected chi connectivity index (χ0v) is 13.5. The molecule has 0 radical (unpaired) electrons. The lowest BCUT2D eigenvalue weighted by molar-refractivity contribution is 0.0936. The second-order valence-corrected chi connectivity index (χ2v) is 5.66. The van der Waals surface area contributed by atoms with Crippen LogP contribution >= 0.6 is 0 Å². The van der Waals surface area contributed by atoms with Gasteiger partial charge in [-0.3, -0.25) is 9.36 Å². The Morgan fingerprint density at radius 3 is 2.73 bits per heavy atom. The Bertz CT molecular complexity index is 658. The molecule has 2 aromatic rings. The summed E-state index contributed by atoms with van der Waals surface area (Å²) in [6, 6.07) is 3.72. The summed E-state index contributed by atoms with van der Waals surface area (Å²) in [5.74, 6) is 1.30. The molecule has 1 unspecified atom stereocenters. The number of amides is 1. The van der Waals surface area contributed by atoms with Crippen molar-refractivity contribution in [1.29, 1.82) is 0 Å². The van der Waals surface area contributed by atoms with E-state index in [0.29, 0.717) is 17.8 Å². The van der Waals surface area contributed by atoms with Crippen LogP contribution in [-0.4, -0.2) is 33.4 Å². The molecule has 1 atom stereocenters. The lowest BCUT2D eigenvalue weighted by Crippen LogP contribution is -2.32. The summed E-state index contributed by atoms with van der Waals surface area (Å²) >= 11 is 0. The number of hydrogen-bond donors (Lipinski definition) is 2. The second kappa shape index (κ2) is 6.79. The van der Waals surface area contributed by atoms with Gasteiger partial charge in [-0.15, -0.1) is 0 Å². The Kier molecular flexibility index (Phi) is 5.03. The van der Waals surface area contributed by atoms with Crippen LogP contribution in [0.4, 0.5) is 0 Å². The molecule has 120 valence electrons. The van der Waals surface area contributed by atoms with Crippen LogP contribution in [0.15, 0.2) is 16.7 Å². The van der Waals surface area contributed by atoms with Gasteiger partial charge < -0.3 is 14.9 Å². The summed E-state index contributed by atoms with van der Waals surface area (Å²) in [5.41, 5.74) is 2.39. The summed E-state index contributed by atoms with van der Waals surface area (Å²) in [5, 5.41) is 15.8. The molecule has 0 bridgehead atoms. The van der Waals surface area contributed by atoms with E-state index in [-0.39, 0.29) is 18.6 Å². The first-order valence-corrected chi connectivity index (χ1v) is 7.48. The van der Waals surface area contributed by atoms with Gasteiger partial charge in [0.05, 0.1) is 5.56 Å². The molecule has 0 saturated heterocycles. The molecule has 0 spiro atoms. The van der Waals surface area contributed by atoms with Crippen molar-refractivity contribution in [2.24, 2.45) is 0 Å². The summed E-state index contributed by atoms with van der Waals surface area (Å²) in [6.07, 6.45) is 1.43. The average molecular weight is 305 g/mol. The first-order valence-electron chi connectivity index (χ1n) is 7.48. The van der Waals surface area contributed by atoms with Gasteiger partial charge in [0.25, 0.3) is 5.91 Å². The van der Waals surface area contributed by atoms with E-state index in [2.05, 4.69) is 10.5 Å². The third-order valence-corrected chi connectivity index (χ3v) is 3.69. The molecule has 0 aliphatic carbocycles. The fourth-order valence-corrected chi connectivity index (χ4v) is 2.58. The minimum absolute atomic E-state index is 0.0250. The lowest BCUT2D eigenvalue weighted by atomic mass is 10.1. The van der Waals surface area contributed by atoms with Crippen molar-refractivity contribution in [3.63, 3.8) is 0 Å². The normalized spacial score (nSPS) is 12.4.